The summed E-state index contributed by atoms with van der Waals surface area (Å²) in [5.41, 5.74) is 0. The number of carbonyl (C=O) groups excluding carboxylic acids is 2. The number of anilines is 1. The van der Waals surface area contributed by atoms with Crippen molar-refractivity contribution in [2.24, 2.45) is 5.92 Å². The van der Waals surface area contributed by atoms with Gasteiger partial charge in [0.1, 0.15) is 0 Å². The van der Waals surface area contributed by atoms with E-state index < -0.39 is 16.1 Å². The first-order chi connectivity index (χ1) is 13.4. The molecule has 1 saturated heterocycles. The second-order valence-corrected chi connectivity index (χ2v) is 9.82. The highest BCUT2D eigenvalue weighted by Gasteiger charge is 2.29. The summed E-state index contributed by atoms with van der Waals surface area (Å²) in [6.45, 7) is 4.96. The third-order valence-corrected chi connectivity index (χ3v) is 7.22. The Kier molecular flexibility index (Phi) is 8.61. The van der Waals surface area contributed by atoms with E-state index in [1.807, 2.05) is 0 Å². The van der Waals surface area contributed by atoms with Crippen molar-refractivity contribution in [2.45, 2.75) is 69.6 Å². The summed E-state index contributed by atoms with van der Waals surface area (Å²) >= 11 is 0.713. The monoisotopic (exact) mass is 431 g/mol. The Morgan fingerprint density at radius 3 is 2.71 bits per heavy atom. The van der Waals surface area contributed by atoms with Crippen molar-refractivity contribution in [2.75, 3.05) is 18.4 Å². The minimum atomic E-state index is -4.12. The lowest BCUT2D eigenvalue weighted by molar-refractivity contribution is -0.115. The number of carbonyl (C=O) groups is 2. The van der Waals surface area contributed by atoms with Crippen LogP contribution >= 0.6 is 11.3 Å². The number of hydrogen-bond acceptors (Lipinski definition) is 7. The minimum Gasteiger partial charge on any atom is -0.324 e. The minimum absolute atomic E-state index is 0.0878. The molecule has 158 valence electrons. The van der Waals surface area contributed by atoms with Crippen molar-refractivity contribution < 1.29 is 18.0 Å². The quantitative estimate of drug-likeness (QED) is 0.458. The lowest BCUT2D eigenvalue weighted by Crippen LogP contribution is -2.47. The number of hydrogen-bond donors (Lipinski definition) is 2. The summed E-state index contributed by atoms with van der Waals surface area (Å²) in [5, 5.41) is 9.76. The first kappa shape index (κ1) is 22.5. The van der Waals surface area contributed by atoms with Gasteiger partial charge in [-0.25, -0.2) is 9.52 Å². The second-order valence-electron chi connectivity index (χ2n) is 6.99. The Morgan fingerprint density at radius 1 is 1.21 bits per heavy atom. The van der Waals surface area contributed by atoms with Gasteiger partial charge in [-0.3, -0.25) is 4.79 Å². The zero-order chi connectivity index (χ0) is 20.6. The lowest BCUT2D eigenvalue weighted by atomic mass is 9.92. The Balaban J connectivity index is 1.90. The van der Waals surface area contributed by atoms with Crippen LogP contribution in [0.4, 0.5) is 9.93 Å². The van der Waals surface area contributed by atoms with Gasteiger partial charge in [0.25, 0.3) is 14.4 Å². The first-order valence-corrected chi connectivity index (χ1v) is 12.1. The smallest absolute Gasteiger partial charge is 0.324 e. The van der Waals surface area contributed by atoms with Gasteiger partial charge >= 0.3 is 6.03 Å². The molecule has 0 aromatic carbocycles. The molecule has 0 aliphatic carbocycles. The highest BCUT2D eigenvalue weighted by atomic mass is 32.2. The number of unbranched alkanes of at least 4 members (excludes halogenated alkanes) is 3. The number of aromatic nitrogens is 2. The van der Waals surface area contributed by atoms with Gasteiger partial charge in [0.05, 0.1) is 0 Å². The van der Waals surface area contributed by atoms with Crippen LogP contribution in [-0.4, -0.2) is 48.5 Å². The largest absolute Gasteiger partial charge is 0.331 e. The first-order valence-electron chi connectivity index (χ1n) is 9.80. The summed E-state index contributed by atoms with van der Waals surface area (Å²) in [5.74, 6) is 0.124. The molecule has 0 spiro atoms. The van der Waals surface area contributed by atoms with Crippen molar-refractivity contribution in [3.05, 3.63) is 0 Å². The summed E-state index contributed by atoms with van der Waals surface area (Å²) in [6, 6.07) is -0.632. The fraction of sp³-hybridized carbons (Fsp3) is 0.765. The van der Waals surface area contributed by atoms with Gasteiger partial charge in [-0.05, 0) is 25.2 Å². The molecule has 1 aromatic rings. The molecule has 1 aliphatic rings. The zero-order valence-corrected chi connectivity index (χ0v) is 18.1. The van der Waals surface area contributed by atoms with E-state index >= 15 is 0 Å². The number of nitrogens with zero attached hydrogens (tertiary/aromatic N) is 3. The summed E-state index contributed by atoms with van der Waals surface area (Å²) < 4.78 is 26.6. The number of sulfonamides is 1. The molecule has 1 aliphatic heterocycles. The predicted molar refractivity (Wildman–Crippen MR) is 108 cm³/mol. The maximum absolute atomic E-state index is 12.5. The third-order valence-electron chi connectivity index (χ3n) is 4.70. The molecular weight excluding hydrogens is 402 g/mol. The van der Waals surface area contributed by atoms with E-state index in [4.69, 9.17) is 0 Å². The number of likely N-dealkylation sites (tertiary alicyclic amines) is 1. The highest BCUT2D eigenvalue weighted by molar-refractivity contribution is 7.92. The average Bonchev–Trinajstić information content (AvgIpc) is 3.14. The standard InChI is InChI=1S/C17H29N5O4S2/c1-3-5-6-7-9-13-10-8-11-22(12-13)16(24)21-28(25,26)17-20-19-15(27-17)18-14(23)4-2/h13H,3-12H2,1-2H3,(H,21,24)(H,18,19,23). The number of urea groups is 1. The van der Waals surface area contributed by atoms with E-state index in [-0.39, 0.29) is 21.8 Å². The van der Waals surface area contributed by atoms with Crippen LogP contribution in [0.5, 0.6) is 0 Å². The molecule has 1 fully saturated rings. The van der Waals surface area contributed by atoms with Crippen LogP contribution < -0.4 is 10.0 Å². The molecule has 28 heavy (non-hydrogen) atoms. The molecular formula is C17H29N5O4S2. The van der Waals surface area contributed by atoms with Crippen molar-refractivity contribution in [1.29, 1.82) is 0 Å². The SMILES string of the molecule is CCCCCCC1CCCN(C(=O)NS(=O)(=O)c2nnc(NC(=O)CC)s2)C1. The summed E-state index contributed by atoms with van der Waals surface area (Å²) in [6.07, 6.45) is 7.99. The van der Waals surface area contributed by atoms with E-state index in [2.05, 4.69) is 27.2 Å². The van der Waals surface area contributed by atoms with Gasteiger partial charge in [-0.1, -0.05) is 50.9 Å². The molecule has 2 N–H and O–H groups in total. The Labute approximate surface area is 170 Å². The molecule has 9 nitrogen and oxygen atoms in total. The van der Waals surface area contributed by atoms with E-state index in [9.17, 15) is 18.0 Å². The molecule has 2 rings (SSSR count). The van der Waals surface area contributed by atoms with E-state index in [0.717, 1.165) is 25.7 Å². The molecule has 11 heteroatoms. The fourth-order valence-electron chi connectivity index (χ4n) is 3.14. The molecule has 0 radical (unpaired) electrons. The number of piperidine rings is 1. The van der Waals surface area contributed by atoms with Crippen LogP contribution in [0.15, 0.2) is 4.34 Å². The van der Waals surface area contributed by atoms with Crippen molar-refractivity contribution in [1.82, 2.24) is 19.8 Å². The maximum atomic E-state index is 12.5. The van der Waals surface area contributed by atoms with Gasteiger partial charge in [0, 0.05) is 19.5 Å². The summed E-state index contributed by atoms with van der Waals surface area (Å²) in [4.78, 5) is 25.4. The molecule has 0 bridgehead atoms. The van der Waals surface area contributed by atoms with Crippen molar-refractivity contribution in [3.8, 4) is 0 Å². The van der Waals surface area contributed by atoms with Gasteiger partial charge in [0.2, 0.25) is 11.0 Å². The lowest BCUT2D eigenvalue weighted by Gasteiger charge is -2.32. The fourth-order valence-corrected chi connectivity index (χ4v) is 5.03. The highest BCUT2D eigenvalue weighted by Crippen LogP contribution is 2.23. The number of rotatable bonds is 9. The molecule has 3 amide bonds. The van der Waals surface area contributed by atoms with Gasteiger partial charge < -0.3 is 10.2 Å². The van der Waals surface area contributed by atoms with Crippen LogP contribution in [0.2, 0.25) is 0 Å². The second kappa shape index (κ2) is 10.7. The van der Waals surface area contributed by atoms with Gasteiger partial charge in [-0.15, -0.1) is 10.2 Å². The van der Waals surface area contributed by atoms with Crippen LogP contribution in [0, 0.1) is 5.92 Å². The van der Waals surface area contributed by atoms with Crippen molar-refractivity contribution >= 4 is 38.4 Å². The predicted octanol–water partition coefficient (Wildman–Crippen LogP) is 2.97. The van der Waals surface area contributed by atoms with Crippen molar-refractivity contribution in [3.63, 3.8) is 0 Å². The molecule has 1 atom stereocenters. The van der Waals surface area contributed by atoms with Crippen LogP contribution in [0.1, 0.15) is 65.2 Å². The van der Waals surface area contributed by atoms with Crippen LogP contribution in [-0.2, 0) is 14.8 Å². The molecule has 1 aromatic heterocycles. The van der Waals surface area contributed by atoms with E-state index in [1.165, 1.54) is 19.3 Å². The average molecular weight is 432 g/mol. The summed E-state index contributed by atoms with van der Waals surface area (Å²) in [7, 11) is -4.12. The Bertz CT molecular complexity index is 765. The number of nitrogens with one attached hydrogen (secondary N) is 2. The van der Waals surface area contributed by atoms with Crippen LogP contribution in [0.3, 0.4) is 0 Å². The maximum Gasteiger partial charge on any atom is 0.331 e. The van der Waals surface area contributed by atoms with Gasteiger partial charge in [-0.2, -0.15) is 8.42 Å². The zero-order valence-electron chi connectivity index (χ0n) is 16.4. The Morgan fingerprint density at radius 2 is 2.00 bits per heavy atom. The molecule has 1 unspecified atom stereocenters. The topological polar surface area (TPSA) is 121 Å². The molecule has 2 heterocycles. The van der Waals surface area contributed by atoms with Gasteiger partial charge in [0.15, 0.2) is 0 Å². The van der Waals surface area contributed by atoms with E-state index in [0.29, 0.717) is 30.3 Å². The number of amides is 3. The molecule has 0 saturated carbocycles. The van der Waals surface area contributed by atoms with Crippen LogP contribution in [0.25, 0.3) is 0 Å². The van der Waals surface area contributed by atoms with E-state index in [1.54, 1.807) is 11.8 Å². The normalized spacial score (nSPS) is 17.4. The third kappa shape index (κ3) is 6.69. The Hall–Kier alpha value is -1.75.